The average molecular weight is 1310 g/mol. The summed E-state index contributed by atoms with van der Waals surface area (Å²) in [6.07, 6.45) is 47.2. The van der Waals surface area contributed by atoms with Crippen molar-refractivity contribution in [2.24, 2.45) is 11.8 Å². The highest BCUT2D eigenvalue weighted by atomic mass is 31.2. The van der Waals surface area contributed by atoms with Crippen molar-refractivity contribution < 1.29 is 80.2 Å². The quantitative estimate of drug-likeness (QED) is 0.0222. The normalized spacial score (nSPS) is 14.1. The molecule has 0 aliphatic heterocycles. The molecule has 0 radical (unpaired) electrons. The van der Waals surface area contributed by atoms with Crippen LogP contribution in [0.3, 0.4) is 0 Å². The number of carbonyl (C=O) groups excluding carboxylic acids is 4. The number of rotatable bonds is 69. The van der Waals surface area contributed by atoms with Crippen LogP contribution in [0.1, 0.15) is 356 Å². The van der Waals surface area contributed by atoms with Crippen molar-refractivity contribution in [3.05, 3.63) is 0 Å². The molecule has 528 valence electrons. The maximum atomic E-state index is 13.0. The molecule has 0 aliphatic carbocycles. The minimum atomic E-state index is -4.95. The fraction of sp³-hybridized carbons (Fsp3) is 0.943. The third kappa shape index (κ3) is 64.6. The minimum absolute atomic E-state index is 0.104. The van der Waals surface area contributed by atoms with Crippen molar-refractivity contribution in [2.45, 2.75) is 374 Å². The third-order valence-corrected chi connectivity index (χ3v) is 18.1. The molecule has 0 spiro atoms. The third-order valence-electron chi connectivity index (χ3n) is 16.2. The number of hydrogen-bond donors (Lipinski definition) is 3. The Morgan fingerprint density at radius 1 is 0.303 bits per heavy atom. The van der Waals surface area contributed by atoms with E-state index in [0.717, 1.165) is 102 Å². The lowest BCUT2D eigenvalue weighted by Gasteiger charge is -2.21. The highest BCUT2D eigenvalue weighted by Gasteiger charge is 2.30. The summed E-state index contributed by atoms with van der Waals surface area (Å²) in [4.78, 5) is 72.5. The molecule has 0 saturated heterocycles. The summed E-state index contributed by atoms with van der Waals surface area (Å²) in [5.41, 5.74) is 0. The number of aliphatic hydroxyl groups is 1. The molecule has 0 fully saturated rings. The smallest absolute Gasteiger partial charge is 0.462 e. The van der Waals surface area contributed by atoms with E-state index in [0.29, 0.717) is 25.7 Å². The molecular weight excluding hydrogens is 1170 g/mol. The Balaban J connectivity index is 5.25. The van der Waals surface area contributed by atoms with Crippen LogP contribution in [0.4, 0.5) is 0 Å². The van der Waals surface area contributed by atoms with Gasteiger partial charge in [0, 0.05) is 25.7 Å². The largest absolute Gasteiger partial charge is 0.472 e. The molecule has 19 heteroatoms. The summed E-state index contributed by atoms with van der Waals surface area (Å²) in [5.74, 6) is -0.680. The van der Waals surface area contributed by atoms with E-state index >= 15 is 0 Å². The van der Waals surface area contributed by atoms with Crippen LogP contribution in [-0.4, -0.2) is 96.7 Å². The lowest BCUT2D eigenvalue weighted by molar-refractivity contribution is -0.161. The van der Waals surface area contributed by atoms with Crippen molar-refractivity contribution in [1.82, 2.24) is 0 Å². The Morgan fingerprint density at radius 2 is 0.517 bits per heavy atom. The maximum Gasteiger partial charge on any atom is 0.472 e. The summed E-state index contributed by atoms with van der Waals surface area (Å²) >= 11 is 0. The van der Waals surface area contributed by atoms with Gasteiger partial charge in [-0.1, -0.05) is 305 Å². The van der Waals surface area contributed by atoms with Gasteiger partial charge >= 0.3 is 39.5 Å². The molecule has 0 amide bonds. The second-order valence-electron chi connectivity index (χ2n) is 26.2. The fourth-order valence-electron chi connectivity index (χ4n) is 10.6. The molecule has 0 rings (SSSR count). The summed E-state index contributed by atoms with van der Waals surface area (Å²) in [5, 5.41) is 10.6. The number of carbonyl (C=O) groups is 4. The first kappa shape index (κ1) is 87.1. The van der Waals surface area contributed by atoms with Gasteiger partial charge in [-0.3, -0.25) is 37.3 Å². The van der Waals surface area contributed by atoms with Gasteiger partial charge in [-0.25, -0.2) is 9.13 Å². The van der Waals surface area contributed by atoms with Gasteiger partial charge in [0.2, 0.25) is 0 Å². The zero-order valence-electron chi connectivity index (χ0n) is 57.7. The van der Waals surface area contributed by atoms with Crippen molar-refractivity contribution in [3.63, 3.8) is 0 Å². The number of phosphoric acid groups is 2. The van der Waals surface area contributed by atoms with E-state index in [4.69, 9.17) is 37.0 Å². The van der Waals surface area contributed by atoms with Gasteiger partial charge in [0.15, 0.2) is 12.2 Å². The van der Waals surface area contributed by atoms with Gasteiger partial charge in [-0.2, -0.15) is 0 Å². The first-order valence-electron chi connectivity index (χ1n) is 36.5. The van der Waals surface area contributed by atoms with E-state index in [2.05, 4.69) is 41.5 Å². The topological polar surface area (TPSA) is 237 Å². The Labute approximate surface area is 543 Å². The standard InChI is InChI=1S/C70H136O17P2/c1-7-9-11-13-15-17-19-21-22-23-25-27-36-42-48-54-69(74)86-65(58-80-67(72)52-46-40-34-26-24-20-18-16-14-12-10-8-2)60-84-88(76,77)82-56-64(71)57-83-89(78,79)85-61-66(87-70(75)55-49-43-37-31-29-33-39-45-51-63(5)6)59-81-68(73)53-47-41-35-30-28-32-38-44-50-62(3)4/h62-66,71H,7-61H2,1-6H3,(H,76,77)(H,78,79)/t64-,65-,66-/m1/s1. The van der Waals surface area contributed by atoms with Crippen LogP contribution in [-0.2, 0) is 65.4 Å². The second-order valence-corrected chi connectivity index (χ2v) is 29.1. The molecule has 0 aliphatic rings. The number of hydrogen-bond acceptors (Lipinski definition) is 15. The second kappa shape index (κ2) is 62.2. The van der Waals surface area contributed by atoms with Gasteiger partial charge in [0.1, 0.15) is 19.3 Å². The van der Waals surface area contributed by atoms with Gasteiger partial charge in [0.25, 0.3) is 0 Å². The molecule has 3 N–H and O–H groups in total. The molecule has 0 aromatic rings. The Kier molecular flexibility index (Phi) is 60.8. The van der Waals surface area contributed by atoms with Crippen molar-refractivity contribution in [1.29, 1.82) is 0 Å². The van der Waals surface area contributed by atoms with E-state index in [9.17, 15) is 43.2 Å². The maximum absolute atomic E-state index is 13.0. The minimum Gasteiger partial charge on any atom is -0.462 e. The van der Waals surface area contributed by atoms with Crippen LogP contribution in [0.15, 0.2) is 0 Å². The highest BCUT2D eigenvalue weighted by Crippen LogP contribution is 2.45. The Morgan fingerprint density at radius 3 is 0.764 bits per heavy atom. The first-order chi connectivity index (χ1) is 42.9. The van der Waals surface area contributed by atoms with E-state index < -0.39 is 97.5 Å². The summed E-state index contributed by atoms with van der Waals surface area (Å²) < 4.78 is 68.3. The van der Waals surface area contributed by atoms with Gasteiger partial charge < -0.3 is 33.8 Å². The number of esters is 4. The average Bonchev–Trinajstić information content (AvgIpc) is 3.71. The summed E-state index contributed by atoms with van der Waals surface area (Å²) in [7, 11) is -9.90. The number of ether oxygens (including phenoxy) is 4. The van der Waals surface area contributed by atoms with E-state index in [-0.39, 0.29) is 25.7 Å². The van der Waals surface area contributed by atoms with Crippen LogP contribution in [0.5, 0.6) is 0 Å². The molecule has 0 aromatic carbocycles. The van der Waals surface area contributed by atoms with E-state index in [1.807, 2.05) is 0 Å². The van der Waals surface area contributed by atoms with Crippen LogP contribution in [0.25, 0.3) is 0 Å². The highest BCUT2D eigenvalue weighted by molar-refractivity contribution is 7.47. The molecule has 17 nitrogen and oxygen atoms in total. The number of phosphoric ester groups is 2. The van der Waals surface area contributed by atoms with Crippen molar-refractivity contribution in [3.8, 4) is 0 Å². The van der Waals surface area contributed by atoms with E-state index in [1.165, 1.54) is 173 Å². The zero-order valence-corrected chi connectivity index (χ0v) is 59.5. The molecule has 0 heterocycles. The summed E-state index contributed by atoms with van der Waals surface area (Å²) in [6, 6.07) is 0. The molecule has 5 atom stereocenters. The Bertz CT molecular complexity index is 1730. The van der Waals surface area contributed by atoms with Gasteiger partial charge in [0.05, 0.1) is 26.4 Å². The summed E-state index contributed by atoms with van der Waals surface area (Å²) in [6.45, 7) is 9.48. The molecule has 0 saturated carbocycles. The van der Waals surface area contributed by atoms with Gasteiger partial charge in [-0.05, 0) is 37.5 Å². The van der Waals surface area contributed by atoms with E-state index in [1.54, 1.807) is 0 Å². The lowest BCUT2D eigenvalue weighted by atomic mass is 10.0. The fourth-order valence-corrected chi connectivity index (χ4v) is 12.2. The van der Waals surface area contributed by atoms with Crippen LogP contribution >= 0.6 is 15.6 Å². The Hall–Kier alpha value is -1.94. The van der Waals surface area contributed by atoms with Crippen LogP contribution in [0, 0.1) is 11.8 Å². The van der Waals surface area contributed by atoms with Crippen molar-refractivity contribution in [2.75, 3.05) is 39.6 Å². The van der Waals surface area contributed by atoms with Crippen LogP contribution in [0.2, 0.25) is 0 Å². The molecule has 2 unspecified atom stereocenters. The monoisotopic (exact) mass is 1310 g/mol. The SMILES string of the molecule is CCCCCCCCCCCCCCCCCC(=O)O[C@H](COC(=O)CCCCCCCCCCCCCC)COP(=O)(O)OC[C@@H](O)COP(=O)(O)OC[C@@H](COC(=O)CCCCCCCCCCC(C)C)OC(=O)CCCCCCCCCCC(C)C. The van der Waals surface area contributed by atoms with Crippen LogP contribution < -0.4 is 0 Å². The molecule has 0 aromatic heterocycles. The molecule has 0 bridgehead atoms. The van der Waals surface area contributed by atoms with Crippen molar-refractivity contribution >= 4 is 39.5 Å². The zero-order chi connectivity index (χ0) is 65.7. The predicted octanol–water partition coefficient (Wildman–Crippen LogP) is 20.0. The lowest BCUT2D eigenvalue weighted by Crippen LogP contribution is -2.30. The predicted molar refractivity (Wildman–Crippen MR) is 358 cm³/mol. The molecule has 89 heavy (non-hydrogen) atoms. The molecular formula is C70H136O17P2. The van der Waals surface area contributed by atoms with Gasteiger partial charge in [-0.15, -0.1) is 0 Å². The number of unbranched alkanes of at least 4 members (excludes halogenated alkanes) is 39. The first-order valence-corrected chi connectivity index (χ1v) is 39.5. The number of aliphatic hydroxyl groups excluding tert-OH is 1.